The topological polar surface area (TPSA) is 155 Å². The van der Waals surface area contributed by atoms with Crippen LogP contribution in [0.3, 0.4) is 0 Å². The molecule has 3 aromatic heterocycles. The van der Waals surface area contributed by atoms with Crippen molar-refractivity contribution in [1.82, 2.24) is 43.7 Å². The molecule has 6 heterocycles. The Hall–Kier alpha value is -5.14. The van der Waals surface area contributed by atoms with E-state index in [2.05, 4.69) is 70.3 Å². The first-order chi connectivity index (χ1) is 31.3. The first-order valence-electron chi connectivity index (χ1n) is 23.1. The molecule has 15 nitrogen and oxygen atoms in total. The second-order valence-electron chi connectivity index (χ2n) is 18.3. The predicted molar refractivity (Wildman–Crippen MR) is 240 cm³/mol. The number of aromatic nitrogens is 5. The molecule has 1 aliphatic carbocycles. The van der Waals surface area contributed by atoms with Crippen LogP contribution in [0.15, 0.2) is 59.7 Å². The van der Waals surface area contributed by atoms with Gasteiger partial charge in [0.25, 0.3) is 0 Å². The second-order valence-corrected chi connectivity index (χ2v) is 18.3. The van der Waals surface area contributed by atoms with Gasteiger partial charge < -0.3 is 24.6 Å². The summed E-state index contributed by atoms with van der Waals surface area (Å²) in [5.41, 5.74) is 6.26. The Bertz CT molecular complexity index is 2540. The molecule has 18 heteroatoms. The number of fused-ring (bicyclic) bond motifs is 2. The standard InChI is InChI=1S/C47H59F3N10O5/c1-55-41-26-31(4-11-39(41)60(46(55)64)40-12-13-42(62)53-44(40)63)14-18-57-19-15-36(29-57)65-25-24-56-20-22-58(23-21-56)28-32-2-5-33(6-3-32)38-30-59(34-7-9-35(61)10-8-34)43-37(38)27-52-45(54-43)51-17-16-47(48,49)50/h2-6,11,26-27,30,34-36,40,61H,7-10,12-25,28-29H2,1H3,(H,51,52,54)(H,53,62,63)/t34-,35-,36?,40?. The molecule has 3 saturated heterocycles. The number of aryl methyl sites for hydroxylation is 1. The normalized spacial score (nSPS) is 22.9. The number of aliphatic hydroxyl groups excluding tert-OH is 1. The number of hydrogen-bond acceptors (Lipinski definition) is 11. The fraction of sp³-hybridized carbons (Fsp3) is 0.553. The van der Waals surface area contributed by atoms with E-state index in [-0.39, 0.29) is 48.8 Å². The quantitative estimate of drug-likeness (QED) is 0.121. The summed E-state index contributed by atoms with van der Waals surface area (Å²) >= 11 is 0. The lowest BCUT2D eigenvalue weighted by molar-refractivity contribution is -0.136. The Kier molecular flexibility index (Phi) is 13.4. The van der Waals surface area contributed by atoms with Crippen LogP contribution in [-0.2, 0) is 34.3 Å². The van der Waals surface area contributed by atoms with Crippen LogP contribution in [0.1, 0.15) is 74.6 Å². The summed E-state index contributed by atoms with van der Waals surface area (Å²) in [5.74, 6) is -0.560. The van der Waals surface area contributed by atoms with E-state index in [0.29, 0.717) is 37.0 Å². The zero-order valence-corrected chi connectivity index (χ0v) is 36.9. The Balaban J connectivity index is 0.719. The number of likely N-dealkylation sites (tertiary alicyclic amines) is 1. The van der Waals surface area contributed by atoms with Crippen molar-refractivity contribution in [3.05, 3.63) is 76.5 Å². The molecule has 3 N–H and O–H groups in total. The molecule has 0 radical (unpaired) electrons. The number of imide groups is 1. The van der Waals surface area contributed by atoms with Gasteiger partial charge in [0.1, 0.15) is 11.7 Å². The van der Waals surface area contributed by atoms with Gasteiger partial charge in [-0.3, -0.25) is 33.8 Å². The maximum atomic E-state index is 13.2. The van der Waals surface area contributed by atoms with Crippen molar-refractivity contribution in [2.45, 2.75) is 94.8 Å². The maximum Gasteiger partial charge on any atom is 0.390 e. The van der Waals surface area contributed by atoms with Crippen molar-refractivity contribution in [2.75, 3.05) is 70.8 Å². The monoisotopic (exact) mass is 900 g/mol. The zero-order chi connectivity index (χ0) is 45.2. The third kappa shape index (κ3) is 10.5. The number of piperidine rings is 1. The minimum Gasteiger partial charge on any atom is -0.393 e. The Morgan fingerprint density at radius 2 is 1.63 bits per heavy atom. The Morgan fingerprint density at radius 3 is 2.38 bits per heavy atom. The van der Waals surface area contributed by atoms with Crippen LogP contribution in [0.25, 0.3) is 33.2 Å². The summed E-state index contributed by atoms with van der Waals surface area (Å²) in [6.07, 6.45) is 3.81. The van der Waals surface area contributed by atoms with Crippen LogP contribution in [0.4, 0.5) is 19.1 Å². The van der Waals surface area contributed by atoms with Gasteiger partial charge in [-0.05, 0) is 73.8 Å². The second kappa shape index (κ2) is 19.4. The summed E-state index contributed by atoms with van der Waals surface area (Å²) in [5, 5.41) is 16.1. The van der Waals surface area contributed by atoms with E-state index < -0.39 is 24.5 Å². The summed E-state index contributed by atoms with van der Waals surface area (Å²) < 4.78 is 50.0. The van der Waals surface area contributed by atoms with Gasteiger partial charge in [0.05, 0.1) is 36.3 Å². The van der Waals surface area contributed by atoms with Crippen LogP contribution >= 0.6 is 0 Å². The molecule has 1 saturated carbocycles. The molecular formula is C47H59F3N10O5. The van der Waals surface area contributed by atoms with Gasteiger partial charge >= 0.3 is 11.9 Å². The van der Waals surface area contributed by atoms with Crippen molar-refractivity contribution in [2.24, 2.45) is 7.05 Å². The smallest absolute Gasteiger partial charge is 0.390 e. The predicted octanol–water partition coefficient (Wildman–Crippen LogP) is 5.02. The van der Waals surface area contributed by atoms with Gasteiger partial charge in [-0.15, -0.1) is 0 Å². The number of alkyl halides is 3. The molecule has 2 atom stereocenters. The molecule has 3 aliphatic heterocycles. The molecule has 2 amide bonds. The van der Waals surface area contributed by atoms with Crippen molar-refractivity contribution < 1.29 is 32.6 Å². The third-order valence-electron chi connectivity index (χ3n) is 13.8. The lowest BCUT2D eigenvalue weighted by Gasteiger charge is -2.34. The number of nitrogens with one attached hydrogen (secondary N) is 2. The van der Waals surface area contributed by atoms with E-state index in [0.717, 1.165) is 112 Å². The van der Waals surface area contributed by atoms with Crippen LogP contribution in [0, 0.1) is 0 Å². The number of aliphatic hydroxyl groups is 1. The van der Waals surface area contributed by atoms with Gasteiger partial charge in [-0.1, -0.05) is 30.3 Å². The highest BCUT2D eigenvalue weighted by molar-refractivity contribution is 6.00. The Labute approximate surface area is 375 Å². The van der Waals surface area contributed by atoms with Crippen LogP contribution < -0.4 is 16.3 Å². The van der Waals surface area contributed by atoms with Crippen molar-refractivity contribution in [3.63, 3.8) is 0 Å². The lowest BCUT2D eigenvalue weighted by atomic mass is 9.93. The number of carbonyl (C=O) groups is 2. The van der Waals surface area contributed by atoms with Crippen molar-refractivity contribution in [1.29, 1.82) is 0 Å². The van der Waals surface area contributed by atoms with Gasteiger partial charge in [0.2, 0.25) is 17.8 Å². The summed E-state index contributed by atoms with van der Waals surface area (Å²) in [7, 11) is 1.72. The van der Waals surface area contributed by atoms with Gasteiger partial charge in [-0.25, -0.2) is 9.78 Å². The highest BCUT2D eigenvalue weighted by atomic mass is 19.4. The van der Waals surface area contributed by atoms with Crippen molar-refractivity contribution >= 4 is 39.8 Å². The summed E-state index contributed by atoms with van der Waals surface area (Å²) in [4.78, 5) is 53.9. The SMILES string of the molecule is Cn1c(=O)n(C2CCC(=O)NC2=O)c2ccc(CCN3CCC(OCCN4CCN(Cc5ccc(-c6cn([C@H]7CC[C@H](O)CC7)c7nc(NCCC(F)(F)F)ncc67)cc5)CC4)C3)cc21. The average Bonchev–Trinajstić information content (AvgIpc) is 3.97. The van der Waals surface area contributed by atoms with Gasteiger partial charge in [0.15, 0.2) is 0 Å². The van der Waals surface area contributed by atoms with E-state index in [1.165, 1.54) is 10.1 Å². The first-order valence-corrected chi connectivity index (χ1v) is 23.1. The molecule has 4 fully saturated rings. The number of amides is 2. The number of hydrogen-bond donors (Lipinski definition) is 3. The number of anilines is 1. The number of nitrogens with zero attached hydrogens (tertiary/aromatic N) is 8. The average molecular weight is 901 g/mol. The molecule has 4 aliphatic rings. The minimum absolute atomic E-state index is 0.132. The fourth-order valence-electron chi connectivity index (χ4n) is 10.1. The van der Waals surface area contributed by atoms with Crippen LogP contribution in [0.2, 0.25) is 0 Å². The van der Waals surface area contributed by atoms with E-state index in [4.69, 9.17) is 4.74 Å². The fourth-order valence-corrected chi connectivity index (χ4v) is 10.1. The minimum atomic E-state index is -4.26. The first kappa shape index (κ1) is 45.0. The maximum absolute atomic E-state index is 13.2. The number of halogens is 3. The number of ether oxygens (including phenoxy) is 1. The Morgan fingerprint density at radius 1 is 0.877 bits per heavy atom. The molecule has 0 spiro atoms. The number of benzene rings is 2. The van der Waals surface area contributed by atoms with E-state index in [9.17, 15) is 32.7 Å². The highest BCUT2D eigenvalue weighted by Gasteiger charge is 2.32. The van der Waals surface area contributed by atoms with E-state index in [1.807, 2.05) is 18.2 Å². The van der Waals surface area contributed by atoms with Crippen LogP contribution in [-0.4, -0.2) is 139 Å². The van der Waals surface area contributed by atoms with E-state index in [1.54, 1.807) is 17.8 Å². The number of piperazine rings is 1. The third-order valence-corrected chi connectivity index (χ3v) is 13.8. The molecule has 2 aromatic carbocycles. The largest absolute Gasteiger partial charge is 0.393 e. The lowest BCUT2D eigenvalue weighted by Crippen LogP contribution is -2.47. The number of carbonyl (C=O) groups excluding carboxylic acids is 2. The number of rotatable bonds is 15. The zero-order valence-electron chi connectivity index (χ0n) is 36.9. The molecule has 348 valence electrons. The molecular weight excluding hydrogens is 842 g/mol. The summed E-state index contributed by atoms with van der Waals surface area (Å²) in [6, 6.07) is 14.0. The van der Waals surface area contributed by atoms with Gasteiger partial charge in [-0.2, -0.15) is 18.2 Å². The highest BCUT2D eigenvalue weighted by Crippen LogP contribution is 2.37. The van der Waals surface area contributed by atoms with Crippen molar-refractivity contribution in [3.8, 4) is 11.1 Å². The number of imidazole rings is 1. The van der Waals surface area contributed by atoms with Crippen LogP contribution in [0.5, 0.6) is 0 Å². The molecule has 0 bridgehead atoms. The van der Waals surface area contributed by atoms with E-state index >= 15 is 0 Å². The molecule has 65 heavy (non-hydrogen) atoms. The molecule has 9 rings (SSSR count). The molecule has 5 aromatic rings. The van der Waals surface area contributed by atoms with Gasteiger partial charge in [0, 0.05) is 108 Å². The molecule has 2 unspecified atom stereocenters. The summed E-state index contributed by atoms with van der Waals surface area (Å²) in [6.45, 7) is 8.84.